The van der Waals surface area contributed by atoms with E-state index >= 15 is 0 Å². The molecule has 0 unspecified atom stereocenters. The molecule has 2 N–H and O–H groups in total. The standard InChI is InChI=1S/C14H20N4O2S2/c1-18(2)9-4-8-15-13-7-6-12(11-16-13)17-22(19,20)14-5-3-10-21-14/h3,5-7,10-11,17H,4,8-9H2,1-2H3,(H,15,16). The van der Waals surface area contributed by atoms with Crippen molar-refractivity contribution in [3.63, 3.8) is 0 Å². The molecule has 8 heteroatoms. The number of nitrogens with one attached hydrogen (secondary N) is 2. The van der Waals surface area contributed by atoms with Crippen LogP contribution in [0.1, 0.15) is 6.42 Å². The summed E-state index contributed by atoms with van der Waals surface area (Å²) in [4.78, 5) is 6.34. The van der Waals surface area contributed by atoms with E-state index in [2.05, 4.69) is 19.9 Å². The maximum Gasteiger partial charge on any atom is 0.271 e. The van der Waals surface area contributed by atoms with Crippen LogP contribution in [0.25, 0.3) is 0 Å². The Kier molecular flexibility index (Phi) is 5.76. The quantitative estimate of drug-likeness (QED) is 0.721. The Morgan fingerprint density at radius 3 is 2.68 bits per heavy atom. The normalized spacial score (nSPS) is 11.6. The summed E-state index contributed by atoms with van der Waals surface area (Å²) in [6, 6.07) is 6.74. The van der Waals surface area contributed by atoms with Gasteiger partial charge < -0.3 is 10.2 Å². The number of anilines is 2. The molecule has 0 radical (unpaired) electrons. The van der Waals surface area contributed by atoms with E-state index in [9.17, 15) is 8.42 Å². The molecule has 0 aliphatic carbocycles. The van der Waals surface area contributed by atoms with Crippen molar-refractivity contribution in [2.75, 3.05) is 37.2 Å². The van der Waals surface area contributed by atoms with E-state index < -0.39 is 10.0 Å². The molecule has 0 aliphatic rings. The number of hydrogen-bond donors (Lipinski definition) is 2. The Hall–Kier alpha value is -1.64. The van der Waals surface area contributed by atoms with Gasteiger partial charge in [-0.2, -0.15) is 0 Å². The maximum absolute atomic E-state index is 12.1. The van der Waals surface area contributed by atoms with Gasteiger partial charge in [0.2, 0.25) is 0 Å². The van der Waals surface area contributed by atoms with Gasteiger partial charge in [0.25, 0.3) is 10.0 Å². The minimum atomic E-state index is -3.51. The highest BCUT2D eigenvalue weighted by Crippen LogP contribution is 2.20. The zero-order chi connectivity index (χ0) is 16.0. The third-order valence-electron chi connectivity index (χ3n) is 2.86. The summed E-state index contributed by atoms with van der Waals surface area (Å²) in [5.41, 5.74) is 0.451. The van der Waals surface area contributed by atoms with Crippen LogP contribution >= 0.6 is 11.3 Å². The van der Waals surface area contributed by atoms with Gasteiger partial charge in [-0.1, -0.05) is 6.07 Å². The third-order valence-corrected chi connectivity index (χ3v) is 5.64. The summed E-state index contributed by atoms with van der Waals surface area (Å²) >= 11 is 1.18. The number of thiophene rings is 1. The first-order valence-electron chi connectivity index (χ1n) is 6.88. The average Bonchev–Trinajstić information content (AvgIpc) is 3.00. The SMILES string of the molecule is CN(C)CCCNc1ccc(NS(=O)(=O)c2cccs2)cn1. The highest BCUT2D eigenvalue weighted by molar-refractivity contribution is 7.94. The van der Waals surface area contributed by atoms with Crippen LogP contribution in [0, 0.1) is 0 Å². The number of pyridine rings is 1. The molecule has 2 rings (SSSR count). The van der Waals surface area contributed by atoms with Crippen LogP contribution < -0.4 is 10.0 Å². The molecule has 2 heterocycles. The lowest BCUT2D eigenvalue weighted by Crippen LogP contribution is -2.16. The zero-order valence-electron chi connectivity index (χ0n) is 12.6. The fourth-order valence-electron chi connectivity index (χ4n) is 1.79. The van der Waals surface area contributed by atoms with E-state index in [0.717, 1.165) is 25.3 Å². The molecule has 0 saturated heterocycles. The van der Waals surface area contributed by atoms with Crippen LogP contribution in [-0.4, -0.2) is 45.5 Å². The predicted octanol–water partition coefficient (Wildman–Crippen LogP) is 2.31. The predicted molar refractivity (Wildman–Crippen MR) is 91.0 cm³/mol. The molecule has 2 aromatic heterocycles. The van der Waals surface area contributed by atoms with Crippen LogP contribution in [0.15, 0.2) is 40.1 Å². The van der Waals surface area contributed by atoms with Crippen LogP contribution in [-0.2, 0) is 10.0 Å². The van der Waals surface area contributed by atoms with Gasteiger partial charge in [-0.3, -0.25) is 4.72 Å². The average molecular weight is 340 g/mol. The van der Waals surface area contributed by atoms with Crippen molar-refractivity contribution in [3.05, 3.63) is 35.8 Å². The summed E-state index contributed by atoms with van der Waals surface area (Å²) in [5.74, 6) is 0.734. The van der Waals surface area contributed by atoms with Gasteiger partial charge >= 0.3 is 0 Å². The lowest BCUT2D eigenvalue weighted by Gasteiger charge is -2.10. The van der Waals surface area contributed by atoms with E-state index in [1.54, 1.807) is 29.6 Å². The Balaban J connectivity index is 1.89. The second kappa shape index (κ2) is 7.57. The molecule has 0 spiro atoms. The van der Waals surface area contributed by atoms with Crippen molar-refractivity contribution >= 4 is 32.9 Å². The maximum atomic E-state index is 12.1. The van der Waals surface area contributed by atoms with E-state index in [-0.39, 0.29) is 0 Å². The van der Waals surface area contributed by atoms with E-state index in [0.29, 0.717) is 9.90 Å². The fraction of sp³-hybridized carbons (Fsp3) is 0.357. The Labute approximate surface area is 135 Å². The van der Waals surface area contributed by atoms with Gasteiger partial charge in [0, 0.05) is 6.54 Å². The van der Waals surface area contributed by atoms with Gasteiger partial charge in [0.1, 0.15) is 10.0 Å². The number of rotatable bonds is 8. The van der Waals surface area contributed by atoms with Crippen molar-refractivity contribution in [3.8, 4) is 0 Å². The summed E-state index contributed by atoms with van der Waals surface area (Å²) in [6.07, 6.45) is 2.53. The zero-order valence-corrected chi connectivity index (χ0v) is 14.2. The van der Waals surface area contributed by atoms with Crippen molar-refractivity contribution < 1.29 is 8.42 Å². The topological polar surface area (TPSA) is 74.3 Å². The summed E-state index contributed by atoms with van der Waals surface area (Å²) in [6.45, 7) is 1.83. The minimum absolute atomic E-state index is 0.290. The van der Waals surface area contributed by atoms with Crippen molar-refractivity contribution in [2.45, 2.75) is 10.6 Å². The molecular formula is C14H20N4O2S2. The summed E-state index contributed by atoms with van der Waals surface area (Å²) in [5, 5.41) is 4.93. The smallest absolute Gasteiger partial charge is 0.271 e. The van der Waals surface area contributed by atoms with Gasteiger partial charge in [-0.15, -0.1) is 11.3 Å². The third kappa shape index (κ3) is 4.97. The van der Waals surface area contributed by atoms with Crippen molar-refractivity contribution in [1.82, 2.24) is 9.88 Å². The molecule has 0 aliphatic heterocycles. The lowest BCUT2D eigenvalue weighted by atomic mass is 10.4. The number of aromatic nitrogens is 1. The summed E-state index contributed by atoms with van der Waals surface area (Å²) < 4.78 is 27.0. The lowest BCUT2D eigenvalue weighted by molar-refractivity contribution is 0.405. The Morgan fingerprint density at radius 2 is 2.09 bits per heavy atom. The first kappa shape index (κ1) is 16.7. The van der Waals surface area contributed by atoms with Gasteiger partial charge in [-0.25, -0.2) is 13.4 Å². The molecule has 0 bridgehead atoms. The molecule has 0 atom stereocenters. The van der Waals surface area contributed by atoms with Crippen molar-refractivity contribution in [2.24, 2.45) is 0 Å². The van der Waals surface area contributed by atoms with Crippen molar-refractivity contribution in [1.29, 1.82) is 0 Å². The summed E-state index contributed by atoms with van der Waals surface area (Å²) in [7, 11) is 0.558. The van der Waals surface area contributed by atoms with Crippen LogP contribution in [0.3, 0.4) is 0 Å². The molecule has 0 amide bonds. The van der Waals surface area contributed by atoms with E-state index in [1.165, 1.54) is 17.5 Å². The van der Waals surface area contributed by atoms with Crippen LogP contribution in [0.4, 0.5) is 11.5 Å². The number of sulfonamides is 1. The first-order chi connectivity index (χ1) is 10.5. The molecule has 22 heavy (non-hydrogen) atoms. The Morgan fingerprint density at radius 1 is 1.27 bits per heavy atom. The molecule has 0 aromatic carbocycles. The fourth-order valence-corrected chi connectivity index (χ4v) is 3.83. The molecule has 2 aromatic rings. The van der Waals surface area contributed by atoms with E-state index in [1.807, 2.05) is 14.1 Å². The monoisotopic (exact) mass is 340 g/mol. The first-order valence-corrected chi connectivity index (χ1v) is 9.24. The van der Waals surface area contributed by atoms with Gasteiger partial charge in [-0.05, 0) is 50.6 Å². The van der Waals surface area contributed by atoms with Gasteiger partial charge in [0.15, 0.2) is 0 Å². The second-order valence-electron chi connectivity index (χ2n) is 5.05. The van der Waals surface area contributed by atoms with Crippen LogP contribution in [0.2, 0.25) is 0 Å². The molecular weight excluding hydrogens is 320 g/mol. The Bertz CT molecular complexity index is 667. The molecule has 0 saturated carbocycles. The highest BCUT2D eigenvalue weighted by Gasteiger charge is 2.15. The van der Waals surface area contributed by atoms with Crippen LogP contribution in [0.5, 0.6) is 0 Å². The number of nitrogens with zero attached hydrogens (tertiary/aromatic N) is 2. The molecule has 120 valence electrons. The molecule has 0 fully saturated rings. The molecule has 6 nitrogen and oxygen atoms in total. The second-order valence-corrected chi connectivity index (χ2v) is 7.91. The largest absolute Gasteiger partial charge is 0.370 e. The minimum Gasteiger partial charge on any atom is -0.370 e. The highest BCUT2D eigenvalue weighted by atomic mass is 32.2. The van der Waals surface area contributed by atoms with Gasteiger partial charge in [0.05, 0.1) is 11.9 Å². The number of hydrogen-bond acceptors (Lipinski definition) is 6. The van der Waals surface area contributed by atoms with E-state index in [4.69, 9.17) is 0 Å².